The van der Waals surface area contributed by atoms with Gasteiger partial charge in [-0.25, -0.2) is 13.2 Å². The van der Waals surface area contributed by atoms with E-state index in [0.29, 0.717) is 5.56 Å². The van der Waals surface area contributed by atoms with Crippen molar-refractivity contribution in [1.29, 1.82) is 0 Å². The maximum atomic E-state index is 13.7. The van der Waals surface area contributed by atoms with Crippen molar-refractivity contribution in [2.24, 2.45) is 0 Å². The summed E-state index contributed by atoms with van der Waals surface area (Å²) in [6.07, 6.45) is -1.39. The molecule has 0 aliphatic carbocycles. The minimum Gasteiger partial charge on any atom is -0.384 e. The maximum absolute atomic E-state index is 13.7. The molecule has 2 aromatic carbocycles. The standard InChI is InChI=1S/C14H11F3O/c1-8-11(15)7-10(13(17)12(8)16)14(18)9-5-3-2-4-6-9/h2-7,14,18H,1H3. The first kappa shape index (κ1) is 12.6. The first-order valence-electron chi connectivity index (χ1n) is 5.39. The summed E-state index contributed by atoms with van der Waals surface area (Å²) in [6, 6.07) is 8.96. The van der Waals surface area contributed by atoms with E-state index in [-0.39, 0.29) is 0 Å². The lowest BCUT2D eigenvalue weighted by Crippen LogP contribution is -2.07. The molecule has 18 heavy (non-hydrogen) atoms. The third kappa shape index (κ3) is 2.11. The normalized spacial score (nSPS) is 12.5. The van der Waals surface area contributed by atoms with Crippen molar-refractivity contribution >= 4 is 0 Å². The fourth-order valence-electron chi connectivity index (χ4n) is 1.72. The predicted molar refractivity (Wildman–Crippen MR) is 61.6 cm³/mol. The van der Waals surface area contributed by atoms with Gasteiger partial charge in [-0.1, -0.05) is 30.3 Å². The van der Waals surface area contributed by atoms with E-state index in [1.165, 1.54) is 0 Å². The summed E-state index contributed by atoms with van der Waals surface area (Å²) >= 11 is 0. The molecule has 0 saturated carbocycles. The van der Waals surface area contributed by atoms with E-state index < -0.39 is 34.7 Å². The van der Waals surface area contributed by atoms with Gasteiger partial charge in [-0.15, -0.1) is 0 Å². The topological polar surface area (TPSA) is 20.2 Å². The minimum absolute atomic E-state index is 0.374. The second kappa shape index (κ2) is 4.82. The molecule has 0 aliphatic heterocycles. The molecule has 1 unspecified atom stereocenters. The first-order valence-corrected chi connectivity index (χ1v) is 5.39. The van der Waals surface area contributed by atoms with Crippen molar-refractivity contribution in [3.05, 3.63) is 70.5 Å². The van der Waals surface area contributed by atoms with Crippen molar-refractivity contribution in [3.8, 4) is 0 Å². The molecule has 0 radical (unpaired) electrons. The van der Waals surface area contributed by atoms with E-state index >= 15 is 0 Å². The van der Waals surface area contributed by atoms with Gasteiger partial charge in [0.05, 0.1) is 0 Å². The Morgan fingerprint density at radius 2 is 1.61 bits per heavy atom. The van der Waals surface area contributed by atoms with Gasteiger partial charge < -0.3 is 5.11 Å². The number of rotatable bonds is 2. The molecule has 1 nitrogen and oxygen atoms in total. The molecule has 94 valence electrons. The molecular formula is C14H11F3O. The Hall–Kier alpha value is -1.81. The Balaban J connectivity index is 2.52. The second-order valence-electron chi connectivity index (χ2n) is 4.01. The summed E-state index contributed by atoms with van der Waals surface area (Å²) in [6.45, 7) is 1.15. The van der Waals surface area contributed by atoms with Crippen molar-refractivity contribution < 1.29 is 18.3 Å². The van der Waals surface area contributed by atoms with E-state index in [2.05, 4.69) is 0 Å². The fourth-order valence-corrected chi connectivity index (χ4v) is 1.72. The maximum Gasteiger partial charge on any atom is 0.165 e. The van der Waals surface area contributed by atoms with Crippen LogP contribution in [0.5, 0.6) is 0 Å². The van der Waals surface area contributed by atoms with Gasteiger partial charge in [0.25, 0.3) is 0 Å². The van der Waals surface area contributed by atoms with Crippen LogP contribution in [0, 0.1) is 24.4 Å². The molecule has 2 rings (SSSR count). The number of aliphatic hydroxyl groups excluding tert-OH is 1. The predicted octanol–water partition coefficient (Wildman–Crippen LogP) is 3.49. The van der Waals surface area contributed by atoms with Gasteiger partial charge in [-0.2, -0.15) is 0 Å². The number of halogens is 3. The molecule has 0 aromatic heterocycles. The summed E-state index contributed by atoms with van der Waals surface area (Å²) in [4.78, 5) is 0. The van der Waals surface area contributed by atoms with E-state index in [4.69, 9.17) is 0 Å². The van der Waals surface area contributed by atoms with Crippen LogP contribution < -0.4 is 0 Å². The highest BCUT2D eigenvalue weighted by atomic mass is 19.2. The number of benzene rings is 2. The van der Waals surface area contributed by atoms with Crippen LogP contribution in [0.3, 0.4) is 0 Å². The first-order chi connectivity index (χ1) is 8.52. The number of aliphatic hydroxyl groups is 1. The summed E-state index contributed by atoms with van der Waals surface area (Å²) < 4.78 is 40.5. The molecule has 4 heteroatoms. The molecule has 0 amide bonds. The molecule has 0 bridgehead atoms. The van der Waals surface area contributed by atoms with Gasteiger partial charge in [-0.05, 0) is 18.6 Å². The van der Waals surface area contributed by atoms with Crippen LogP contribution in [-0.4, -0.2) is 5.11 Å². The SMILES string of the molecule is Cc1c(F)cc(C(O)c2ccccc2)c(F)c1F. The molecule has 0 fully saturated rings. The van der Waals surface area contributed by atoms with Crippen LogP contribution in [0.15, 0.2) is 36.4 Å². The van der Waals surface area contributed by atoms with Crippen LogP contribution in [0.4, 0.5) is 13.2 Å². The summed E-state index contributed by atoms with van der Waals surface area (Å²) in [5.41, 5.74) is -0.419. The van der Waals surface area contributed by atoms with Crippen LogP contribution in [0.2, 0.25) is 0 Å². The van der Waals surface area contributed by atoms with Gasteiger partial charge in [-0.3, -0.25) is 0 Å². The van der Waals surface area contributed by atoms with Crippen LogP contribution >= 0.6 is 0 Å². The van der Waals surface area contributed by atoms with Crippen molar-refractivity contribution in [1.82, 2.24) is 0 Å². The Morgan fingerprint density at radius 3 is 2.22 bits per heavy atom. The van der Waals surface area contributed by atoms with Gasteiger partial charge in [0.2, 0.25) is 0 Å². The summed E-state index contributed by atoms with van der Waals surface area (Å²) in [7, 11) is 0. The van der Waals surface area contributed by atoms with Gasteiger partial charge in [0.1, 0.15) is 11.9 Å². The number of hydrogen-bond donors (Lipinski definition) is 1. The Kier molecular flexibility index (Phi) is 3.39. The summed E-state index contributed by atoms with van der Waals surface area (Å²) in [5.74, 6) is -3.36. The Morgan fingerprint density at radius 1 is 1.00 bits per heavy atom. The lowest BCUT2D eigenvalue weighted by molar-refractivity contribution is 0.212. The molecule has 0 saturated heterocycles. The molecule has 0 spiro atoms. The van der Waals surface area contributed by atoms with E-state index in [0.717, 1.165) is 13.0 Å². The van der Waals surface area contributed by atoms with Crippen molar-refractivity contribution in [2.45, 2.75) is 13.0 Å². The second-order valence-corrected chi connectivity index (χ2v) is 4.01. The summed E-state index contributed by atoms with van der Waals surface area (Å²) in [5, 5.41) is 9.94. The third-order valence-electron chi connectivity index (χ3n) is 2.83. The lowest BCUT2D eigenvalue weighted by Gasteiger charge is -2.14. The number of hydrogen-bond acceptors (Lipinski definition) is 1. The Bertz CT molecular complexity index is 567. The van der Waals surface area contributed by atoms with Gasteiger partial charge in [0.15, 0.2) is 11.6 Å². The van der Waals surface area contributed by atoms with Gasteiger partial charge in [0, 0.05) is 11.1 Å². The largest absolute Gasteiger partial charge is 0.384 e. The fraction of sp³-hybridized carbons (Fsp3) is 0.143. The highest BCUT2D eigenvalue weighted by Gasteiger charge is 2.21. The van der Waals surface area contributed by atoms with Crippen molar-refractivity contribution in [2.75, 3.05) is 0 Å². The van der Waals surface area contributed by atoms with Crippen LogP contribution in [-0.2, 0) is 0 Å². The van der Waals surface area contributed by atoms with E-state index in [1.54, 1.807) is 30.3 Å². The third-order valence-corrected chi connectivity index (χ3v) is 2.83. The van der Waals surface area contributed by atoms with Crippen molar-refractivity contribution in [3.63, 3.8) is 0 Å². The zero-order chi connectivity index (χ0) is 13.3. The highest BCUT2D eigenvalue weighted by Crippen LogP contribution is 2.28. The van der Waals surface area contributed by atoms with Crippen LogP contribution in [0.1, 0.15) is 22.8 Å². The average molecular weight is 252 g/mol. The van der Waals surface area contributed by atoms with Crippen LogP contribution in [0.25, 0.3) is 0 Å². The highest BCUT2D eigenvalue weighted by molar-refractivity contribution is 5.34. The minimum atomic E-state index is -1.39. The zero-order valence-corrected chi connectivity index (χ0v) is 9.62. The molecular weight excluding hydrogens is 241 g/mol. The average Bonchev–Trinajstić information content (AvgIpc) is 2.41. The molecule has 1 atom stereocenters. The van der Waals surface area contributed by atoms with E-state index in [1.807, 2.05) is 0 Å². The quantitative estimate of drug-likeness (QED) is 0.811. The molecule has 1 N–H and O–H groups in total. The van der Waals surface area contributed by atoms with Gasteiger partial charge >= 0.3 is 0 Å². The lowest BCUT2D eigenvalue weighted by atomic mass is 9.99. The Labute approximate surface area is 103 Å². The molecule has 0 heterocycles. The van der Waals surface area contributed by atoms with E-state index in [9.17, 15) is 18.3 Å². The molecule has 2 aromatic rings. The monoisotopic (exact) mass is 252 g/mol. The molecule has 0 aliphatic rings. The zero-order valence-electron chi connectivity index (χ0n) is 9.62. The smallest absolute Gasteiger partial charge is 0.165 e.